The summed E-state index contributed by atoms with van der Waals surface area (Å²) < 4.78 is 2.27. The molecule has 1 aromatic heterocycles. The maximum absolute atomic E-state index is 12.0. The molecule has 0 aliphatic heterocycles. The molecule has 0 saturated heterocycles. The maximum Gasteiger partial charge on any atom is 0.270 e. The average Bonchev–Trinajstić information content (AvgIpc) is 2.66. The third-order valence-corrected chi connectivity index (χ3v) is 2.96. The van der Waals surface area contributed by atoms with Gasteiger partial charge in [-0.05, 0) is 36.9 Å². The second kappa shape index (κ2) is 6.86. The molecule has 6 nitrogen and oxygen atoms in total. The highest BCUT2D eigenvalue weighted by molar-refractivity contribution is 9.10. The van der Waals surface area contributed by atoms with Crippen LogP contribution in [0.3, 0.4) is 0 Å². The topological polar surface area (TPSA) is 70.4 Å². The number of halogens is 1. The molecule has 0 aliphatic carbocycles. The molecule has 1 heterocycles. The van der Waals surface area contributed by atoms with Crippen molar-refractivity contribution in [1.29, 1.82) is 0 Å². The Kier molecular flexibility index (Phi) is 5.77. The van der Waals surface area contributed by atoms with E-state index in [0.717, 1.165) is 0 Å². The summed E-state index contributed by atoms with van der Waals surface area (Å²) in [4.78, 5) is 13.8. The Morgan fingerprint density at radius 1 is 1.67 bits per heavy atom. The quantitative estimate of drug-likeness (QED) is 0.792. The number of aryl methyl sites for hydroxylation is 1. The van der Waals surface area contributed by atoms with Gasteiger partial charge in [-0.3, -0.25) is 9.48 Å². The van der Waals surface area contributed by atoms with Crippen molar-refractivity contribution in [2.24, 2.45) is 0 Å². The molecule has 102 valence electrons. The molecule has 1 unspecified atom stereocenters. The third-order valence-electron chi connectivity index (χ3n) is 2.38. The van der Waals surface area contributed by atoms with E-state index >= 15 is 0 Å². The van der Waals surface area contributed by atoms with Crippen LogP contribution in [0.1, 0.15) is 17.4 Å². The van der Waals surface area contributed by atoms with Gasteiger partial charge < -0.3 is 15.3 Å². The van der Waals surface area contributed by atoms with Gasteiger partial charge in [0.25, 0.3) is 5.91 Å². The number of hydrogen-bond acceptors (Lipinski definition) is 4. The smallest absolute Gasteiger partial charge is 0.270 e. The summed E-state index contributed by atoms with van der Waals surface area (Å²) in [6.07, 6.45) is 1.01. The summed E-state index contributed by atoms with van der Waals surface area (Å²) in [6, 6.07) is 0. The number of nitrogens with one attached hydrogen (secondary N) is 1. The molecule has 1 rings (SSSR count). The Balaban J connectivity index is 2.57. The van der Waals surface area contributed by atoms with Gasteiger partial charge in [0, 0.05) is 19.6 Å². The van der Waals surface area contributed by atoms with Crippen LogP contribution in [0.4, 0.5) is 0 Å². The minimum absolute atomic E-state index is 0.221. The Hall–Kier alpha value is -0.920. The van der Waals surface area contributed by atoms with Gasteiger partial charge in [0.05, 0.1) is 16.8 Å². The molecule has 1 atom stereocenters. The fourth-order valence-corrected chi connectivity index (χ4v) is 2.08. The summed E-state index contributed by atoms with van der Waals surface area (Å²) in [5.74, 6) is -0.237. The molecular formula is C11H19BrN4O2. The molecule has 0 radical (unpaired) electrons. The van der Waals surface area contributed by atoms with Crippen molar-refractivity contribution in [3.8, 4) is 0 Å². The lowest BCUT2D eigenvalue weighted by molar-refractivity contribution is 0.0881. The van der Waals surface area contributed by atoms with Gasteiger partial charge in [0.15, 0.2) is 0 Å². The lowest BCUT2D eigenvalue weighted by Crippen LogP contribution is -2.38. The molecule has 0 saturated carbocycles. The largest absolute Gasteiger partial charge is 0.390 e. The van der Waals surface area contributed by atoms with Crippen LogP contribution in [-0.4, -0.2) is 59.0 Å². The molecule has 2 N–H and O–H groups in total. The summed E-state index contributed by atoms with van der Waals surface area (Å²) in [6.45, 7) is 3.26. The van der Waals surface area contributed by atoms with E-state index < -0.39 is 6.10 Å². The monoisotopic (exact) mass is 318 g/mol. The highest BCUT2D eigenvalue weighted by Gasteiger charge is 2.17. The summed E-state index contributed by atoms with van der Waals surface area (Å²) in [7, 11) is 3.74. The van der Waals surface area contributed by atoms with Gasteiger partial charge in [0.1, 0.15) is 5.69 Å². The van der Waals surface area contributed by atoms with Crippen LogP contribution in [0, 0.1) is 0 Å². The number of amides is 1. The number of rotatable bonds is 6. The van der Waals surface area contributed by atoms with Gasteiger partial charge in [-0.15, -0.1) is 0 Å². The summed E-state index contributed by atoms with van der Waals surface area (Å²) >= 11 is 3.29. The zero-order chi connectivity index (χ0) is 13.7. The van der Waals surface area contributed by atoms with Crippen LogP contribution < -0.4 is 5.32 Å². The summed E-state index contributed by atoms with van der Waals surface area (Å²) in [5, 5.41) is 16.4. The van der Waals surface area contributed by atoms with E-state index in [1.54, 1.807) is 10.9 Å². The van der Waals surface area contributed by atoms with Gasteiger partial charge in [-0.1, -0.05) is 0 Å². The molecule has 18 heavy (non-hydrogen) atoms. The average molecular weight is 319 g/mol. The number of aliphatic hydroxyl groups excluding tert-OH is 1. The Morgan fingerprint density at radius 2 is 2.33 bits per heavy atom. The number of nitrogens with zero attached hydrogens (tertiary/aromatic N) is 3. The number of aliphatic hydroxyl groups is 1. The van der Waals surface area contributed by atoms with Gasteiger partial charge in [-0.25, -0.2) is 0 Å². The van der Waals surface area contributed by atoms with Crippen molar-refractivity contribution >= 4 is 21.8 Å². The summed E-state index contributed by atoms with van der Waals surface area (Å²) in [5.41, 5.74) is 0.481. The fraction of sp³-hybridized carbons (Fsp3) is 0.636. The van der Waals surface area contributed by atoms with E-state index in [1.807, 2.05) is 25.9 Å². The van der Waals surface area contributed by atoms with Crippen LogP contribution in [0.5, 0.6) is 0 Å². The molecular weight excluding hydrogens is 300 g/mol. The Morgan fingerprint density at radius 3 is 2.89 bits per heavy atom. The lowest BCUT2D eigenvalue weighted by atomic mass is 10.3. The normalized spacial score (nSPS) is 12.8. The standard InChI is InChI=1S/C11H19BrN4O2/c1-4-16-10(9(12)6-14-16)11(18)13-5-8(17)7-15(2)3/h6,8,17H,4-5,7H2,1-3H3,(H,13,18). The molecule has 0 fully saturated rings. The molecule has 0 aliphatic rings. The fourth-order valence-electron chi connectivity index (χ4n) is 1.61. The van der Waals surface area contributed by atoms with Gasteiger partial charge >= 0.3 is 0 Å². The first-order valence-electron chi connectivity index (χ1n) is 5.78. The first-order chi connectivity index (χ1) is 8.45. The van der Waals surface area contributed by atoms with Crippen LogP contribution >= 0.6 is 15.9 Å². The number of carbonyl (C=O) groups excluding carboxylic acids is 1. The zero-order valence-electron chi connectivity index (χ0n) is 10.9. The molecule has 0 aromatic carbocycles. The predicted octanol–water partition coefficient (Wildman–Crippen LogP) is 0.318. The highest BCUT2D eigenvalue weighted by atomic mass is 79.9. The maximum atomic E-state index is 12.0. The van der Waals surface area contributed by atoms with Crippen LogP contribution in [0.25, 0.3) is 0 Å². The van der Waals surface area contributed by atoms with Crippen molar-refractivity contribution < 1.29 is 9.90 Å². The SMILES string of the molecule is CCn1ncc(Br)c1C(=O)NCC(O)CN(C)C. The van der Waals surface area contributed by atoms with Crippen molar-refractivity contribution in [2.45, 2.75) is 19.6 Å². The lowest BCUT2D eigenvalue weighted by Gasteiger charge is -2.16. The Bertz CT molecular complexity index is 406. The van der Waals surface area contributed by atoms with Gasteiger partial charge in [0.2, 0.25) is 0 Å². The van der Waals surface area contributed by atoms with E-state index in [2.05, 4.69) is 26.3 Å². The Labute approximate surface area is 115 Å². The van der Waals surface area contributed by atoms with Gasteiger partial charge in [-0.2, -0.15) is 5.10 Å². The van der Waals surface area contributed by atoms with Crippen LogP contribution in [0.15, 0.2) is 10.7 Å². The second-order valence-electron chi connectivity index (χ2n) is 4.28. The van der Waals surface area contributed by atoms with E-state index in [1.165, 1.54) is 0 Å². The van der Waals surface area contributed by atoms with Crippen LogP contribution in [0.2, 0.25) is 0 Å². The number of carbonyl (C=O) groups is 1. The van der Waals surface area contributed by atoms with Crippen molar-refractivity contribution in [2.75, 3.05) is 27.2 Å². The minimum Gasteiger partial charge on any atom is -0.390 e. The molecule has 0 spiro atoms. The van der Waals surface area contributed by atoms with E-state index in [9.17, 15) is 9.90 Å². The van der Waals surface area contributed by atoms with Crippen molar-refractivity contribution in [1.82, 2.24) is 20.0 Å². The van der Waals surface area contributed by atoms with Crippen LogP contribution in [-0.2, 0) is 6.54 Å². The molecule has 7 heteroatoms. The molecule has 0 bridgehead atoms. The molecule has 1 aromatic rings. The number of aromatic nitrogens is 2. The highest BCUT2D eigenvalue weighted by Crippen LogP contribution is 2.15. The van der Waals surface area contributed by atoms with Crippen molar-refractivity contribution in [3.05, 3.63) is 16.4 Å². The zero-order valence-corrected chi connectivity index (χ0v) is 12.4. The van der Waals surface area contributed by atoms with Crippen molar-refractivity contribution in [3.63, 3.8) is 0 Å². The first-order valence-corrected chi connectivity index (χ1v) is 6.57. The van der Waals surface area contributed by atoms with E-state index in [0.29, 0.717) is 23.3 Å². The third kappa shape index (κ3) is 4.08. The second-order valence-corrected chi connectivity index (χ2v) is 5.14. The minimum atomic E-state index is -0.583. The predicted molar refractivity (Wildman–Crippen MR) is 72.5 cm³/mol. The molecule has 1 amide bonds. The van der Waals surface area contributed by atoms with E-state index in [-0.39, 0.29) is 12.5 Å². The number of hydrogen-bond donors (Lipinski definition) is 2. The van der Waals surface area contributed by atoms with E-state index in [4.69, 9.17) is 0 Å². The number of likely N-dealkylation sites (N-methyl/N-ethyl adjacent to an activating group) is 1. The first kappa shape index (κ1) is 15.1.